The second-order valence-corrected chi connectivity index (χ2v) is 4.22. The van der Waals surface area contributed by atoms with Gasteiger partial charge in [0.05, 0.1) is 0 Å². The van der Waals surface area contributed by atoms with E-state index in [2.05, 4.69) is 11.3 Å². The first-order valence-corrected chi connectivity index (χ1v) is 5.57. The molecule has 0 aromatic carbocycles. The van der Waals surface area contributed by atoms with Crippen LogP contribution >= 0.6 is 23.2 Å². The highest BCUT2D eigenvalue weighted by atomic mass is 35.5. The molecule has 0 aromatic heterocycles. The number of alkyl halides is 2. The van der Waals surface area contributed by atoms with E-state index in [-0.39, 0.29) is 12.0 Å². The first kappa shape index (κ1) is 15.9. The maximum atomic E-state index is 11.4. The summed E-state index contributed by atoms with van der Waals surface area (Å²) in [6, 6.07) is 0. The molecule has 0 aromatic rings. The van der Waals surface area contributed by atoms with Crippen LogP contribution in [0.1, 0.15) is 20.3 Å². The van der Waals surface area contributed by atoms with Gasteiger partial charge in [-0.15, -0.1) is 0 Å². The number of carbonyl (C=O) groups excluding carboxylic acids is 3. The fourth-order valence-corrected chi connectivity index (χ4v) is 0.826. The highest BCUT2D eigenvalue weighted by Gasteiger charge is 2.27. The van der Waals surface area contributed by atoms with Crippen molar-refractivity contribution in [1.29, 1.82) is 0 Å². The van der Waals surface area contributed by atoms with Gasteiger partial charge in [-0.1, -0.05) is 36.7 Å². The minimum absolute atomic E-state index is 0.134. The van der Waals surface area contributed by atoms with Crippen LogP contribution in [0.4, 0.5) is 0 Å². The van der Waals surface area contributed by atoms with Gasteiger partial charge in [-0.05, 0) is 13.3 Å². The lowest BCUT2D eigenvalue weighted by Crippen LogP contribution is -2.31. The van der Waals surface area contributed by atoms with Crippen molar-refractivity contribution in [3.8, 4) is 0 Å². The Morgan fingerprint density at radius 3 is 2.12 bits per heavy atom. The molecule has 0 spiro atoms. The van der Waals surface area contributed by atoms with E-state index in [0.717, 1.165) is 0 Å². The van der Waals surface area contributed by atoms with Crippen molar-refractivity contribution in [2.24, 2.45) is 0 Å². The highest BCUT2D eigenvalue weighted by molar-refractivity contribution is 6.53. The van der Waals surface area contributed by atoms with E-state index in [1.807, 2.05) is 0 Å². The average Bonchev–Trinajstić information content (AvgIpc) is 2.24. The molecule has 0 N–H and O–H groups in total. The summed E-state index contributed by atoms with van der Waals surface area (Å²) in [5.74, 6) is -2.86. The third kappa shape index (κ3) is 5.70. The third-order valence-electron chi connectivity index (χ3n) is 1.61. The first-order chi connectivity index (χ1) is 7.79. The van der Waals surface area contributed by atoms with Crippen LogP contribution in [0.3, 0.4) is 0 Å². The molecule has 17 heavy (non-hydrogen) atoms. The third-order valence-corrected chi connectivity index (χ3v) is 1.97. The van der Waals surface area contributed by atoms with Gasteiger partial charge < -0.3 is 9.47 Å². The first-order valence-electron chi connectivity index (χ1n) is 4.69. The molecule has 7 heteroatoms. The summed E-state index contributed by atoms with van der Waals surface area (Å²) in [5.41, 5.74) is 0.134. The molecule has 0 aliphatic heterocycles. The molecule has 0 rings (SSSR count). The summed E-state index contributed by atoms with van der Waals surface area (Å²) in [5, 5.41) is 0. The van der Waals surface area contributed by atoms with Gasteiger partial charge in [0.25, 0.3) is 0 Å². The number of ether oxygens (including phenoxy) is 2. The van der Waals surface area contributed by atoms with Crippen molar-refractivity contribution in [1.82, 2.24) is 0 Å². The van der Waals surface area contributed by atoms with Crippen LogP contribution in [0, 0.1) is 0 Å². The van der Waals surface area contributed by atoms with Gasteiger partial charge in [-0.2, -0.15) is 0 Å². The lowest BCUT2D eigenvalue weighted by molar-refractivity contribution is -0.172. The zero-order valence-corrected chi connectivity index (χ0v) is 10.9. The van der Waals surface area contributed by atoms with Gasteiger partial charge in [0.15, 0.2) is 6.10 Å². The van der Waals surface area contributed by atoms with E-state index < -0.39 is 28.8 Å². The average molecular weight is 283 g/mol. The Bertz CT molecular complexity index is 338. The maximum absolute atomic E-state index is 11.4. The largest absolute Gasteiger partial charge is 0.447 e. The number of esters is 3. The van der Waals surface area contributed by atoms with Gasteiger partial charge in [0.2, 0.25) is 4.84 Å². The van der Waals surface area contributed by atoms with E-state index in [4.69, 9.17) is 27.9 Å². The fourth-order valence-electron chi connectivity index (χ4n) is 0.737. The number of hydrogen-bond acceptors (Lipinski definition) is 5. The topological polar surface area (TPSA) is 69.7 Å². The van der Waals surface area contributed by atoms with Gasteiger partial charge >= 0.3 is 17.9 Å². The quantitative estimate of drug-likeness (QED) is 0.333. The Morgan fingerprint density at radius 1 is 1.24 bits per heavy atom. The molecule has 0 saturated heterocycles. The number of halogens is 2. The zero-order valence-electron chi connectivity index (χ0n) is 9.37. The van der Waals surface area contributed by atoms with E-state index >= 15 is 0 Å². The number of hydrogen-bond donors (Lipinski definition) is 0. The van der Waals surface area contributed by atoms with Gasteiger partial charge in [0, 0.05) is 5.57 Å². The smallest absolute Gasteiger partial charge is 0.355 e. The Hall–Kier alpha value is -1.07. The van der Waals surface area contributed by atoms with Gasteiger partial charge in [0.1, 0.15) is 0 Å². The number of rotatable bonds is 5. The van der Waals surface area contributed by atoms with Crippen LogP contribution in [0.5, 0.6) is 0 Å². The summed E-state index contributed by atoms with van der Waals surface area (Å²) in [6.07, 6.45) is -1.03. The lowest BCUT2D eigenvalue weighted by atomic mass is 10.2. The molecular formula is C10H12Cl2O5. The summed E-state index contributed by atoms with van der Waals surface area (Å²) in [6.45, 7) is 6.37. The monoisotopic (exact) mass is 282 g/mol. The molecule has 0 fully saturated rings. The second-order valence-electron chi connectivity index (χ2n) is 3.12. The molecule has 0 bridgehead atoms. The van der Waals surface area contributed by atoms with Gasteiger partial charge in [-0.3, -0.25) is 0 Å². The normalized spacial score (nSPS) is 11.8. The standard InChI is InChI=1S/C10H12Cl2O5/c1-4-6(16-8(13)5(2)3)9(14)17-10(15)7(11)12/h6-7H,2,4H2,1,3H3. The lowest BCUT2D eigenvalue weighted by Gasteiger charge is -2.14. The minimum atomic E-state index is -1.46. The van der Waals surface area contributed by atoms with Crippen LogP contribution in [-0.2, 0) is 23.9 Å². The Morgan fingerprint density at radius 2 is 1.76 bits per heavy atom. The Kier molecular flexibility index (Phi) is 6.83. The number of carbonyl (C=O) groups is 3. The SMILES string of the molecule is C=C(C)C(=O)OC(CC)C(=O)OC(=O)C(Cl)Cl. The van der Waals surface area contributed by atoms with Crippen LogP contribution in [-0.4, -0.2) is 28.8 Å². The molecule has 96 valence electrons. The zero-order chi connectivity index (χ0) is 13.6. The van der Waals surface area contributed by atoms with E-state index in [1.165, 1.54) is 6.92 Å². The molecule has 0 aliphatic rings. The van der Waals surface area contributed by atoms with Crippen LogP contribution in [0.25, 0.3) is 0 Å². The van der Waals surface area contributed by atoms with Crippen molar-refractivity contribution in [3.63, 3.8) is 0 Å². The summed E-state index contributed by atoms with van der Waals surface area (Å²) < 4.78 is 9.05. The van der Waals surface area contributed by atoms with Crippen LogP contribution in [0.15, 0.2) is 12.2 Å². The second kappa shape index (κ2) is 7.29. The van der Waals surface area contributed by atoms with Crippen LogP contribution < -0.4 is 0 Å². The molecule has 0 heterocycles. The van der Waals surface area contributed by atoms with Crippen molar-refractivity contribution in [3.05, 3.63) is 12.2 Å². The van der Waals surface area contributed by atoms with Crippen molar-refractivity contribution in [2.45, 2.75) is 31.2 Å². The van der Waals surface area contributed by atoms with E-state index in [0.29, 0.717) is 0 Å². The van der Waals surface area contributed by atoms with E-state index in [1.54, 1.807) is 6.92 Å². The summed E-state index contributed by atoms with van der Waals surface area (Å²) in [7, 11) is 0. The minimum Gasteiger partial charge on any atom is -0.447 e. The van der Waals surface area contributed by atoms with E-state index in [9.17, 15) is 14.4 Å². The van der Waals surface area contributed by atoms with Crippen molar-refractivity contribution < 1.29 is 23.9 Å². The fraction of sp³-hybridized carbons (Fsp3) is 0.500. The predicted octanol–water partition coefficient (Wildman–Crippen LogP) is 1.76. The molecule has 0 aliphatic carbocycles. The van der Waals surface area contributed by atoms with Crippen LogP contribution in [0.2, 0.25) is 0 Å². The molecule has 1 atom stereocenters. The molecule has 0 saturated carbocycles. The van der Waals surface area contributed by atoms with Gasteiger partial charge in [-0.25, -0.2) is 14.4 Å². The van der Waals surface area contributed by atoms with Crippen molar-refractivity contribution >= 4 is 41.1 Å². The molecule has 0 amide bonds. The Labute approximate surface area is 109 Å². The molecule has 5 nitrogen and oxygen atoms in total. The summed E-state index contributed by atoms with van der Waals surface area (Å²) >= 11 is 10.4. The van der Waals surface area contributed by atoms with Crippen molar-refractivity contribution in [2.75, 3.05) is 0 Å². The Balaban J connectivity index is 4.46. The maximum Gasteiger partial charge on any atom is 0.355 e. The summed E-state index contributed by atoms with van der Waals surface area (Å²) in [4.78, 5) is 32.0. The highest BCUT2D eigenvalue weighted by Crippen LogP contribution is 2.09. The molecule has 1 unspecified atom stereocenters. The predicted molar refractivity (Wildman–Crippen MR) is 61.6 cm³/mol. The molecular weight excluding hydrogens is 271 g/mol. The molecule has 0 radical (unpaired) electrons.